The summed E-state index contributed by atoms with van der Waals surface area (Å²) in [6.45, 7) is 0. The summed E-state index contributed by atoms with van der Waals surface area (Å²) < 4.78 is 4.15. The minimum absolute atomic E-state index is 1.02. The van der Waals surface area contributed by atoms with Gasteiger partial charge in [0.2, 0.25) is 0 Å². The quantitative estimate of drug-likeness (QED) is 0.652. The summed E-state index contributed by atoms with van der Waals surface area (Å²) >= 11 is 4.47. The van der Waals surface area contributed by atoms with E-state index in [1.54, 1.807) is 0 Å². The Hall–Kier alpha value is 0.150. The van der Waals surface area contributed by atoms with Crippen LogP contribution in [0.25, 0.3) is 5.52 Å². The fourth-order valence-corrected chi connectivity index (χ4v) is 2.76. The lowest BCUT2D eigenvalue weighted by Crippen LogP contribution is -1.84. The molecule has 0 fully saturated rings. The number of rotatable bonds is 0. The molecule has 0 spiro atoms. The molecule has 11 heavy (non-hydrogen) atoms. The number of pyridine rings is 1. The van der Waals surface area contributed by atoms with Gasteiger partial charge in [-0.15, -0.1) is 0 Å². The van der Waals surface area contributed by atoms with Gasteiger partial charge in [0.25, 0.3) is 0 Å². The topological polar surface area (TPSA) is 17.3 Å². The number of halogens is 2. The maximum atomic E-state index is 4.33. The molecule has 0 aliphatic rings. The standard InChI is InChI=1S/C7H4I2N2/c8-6-5-3-1-2-4-11(5)7(9)10-6/h1-4H. The van der Waals surface area contributed by atoms with Gasteiger partial charge in [0.15, 0.2) is 3.83 Å². The van der Waals surface area contributed by atoms with Crippen LogP contribution in [0.5, 0.6) is 0 Å². The van der Waals surface area contributed by atoms with Crippen molar-refractivity contribution < 1.29 is 0 Å². The Morgan fingerprint density at radius 3 is 2.82 bits per heavy atom. The van der Waals surface area contributed by atoms with Crippen molar-refractivity contribution in [3.8, 4) is 0 Å². The predicted molar refractivity (Wildman–Crippen MR) is 60.6 cm³/mol. The average molecular weight is 370 g/mol. The zero-order valence-electron chi connectivity index (χ0n) is 5.46. The molecule has 2 nitrogen and oxygen atoms in total. The van der Waals surface area contributed by atoms with Crippen LogP contribution in [-0.4, -0.2) is 9.38 Å². The molecule has 56 valence electrons. The van der Waals surface area contributed by atoms with Gasteiger partial charge >= 0.3 is 0 Å². The number of fused-ring (bicyclic) bond motifs is 1. The third-order valence-corrected chi connectivity index (χ3v) is 3.02. The van der Waals surface area contributed by atoms with Gasteiger partial charge in [-0.1, -0.05) is 6.07 Å². The third-order valence-electron chi connectivity index (χ3n) is 1.46. The van der Waals surface area contributed by atoms with Crippen LogP contribution in [0, 0.1) is 7.53 Å². The van der Waals surface area contributed by atoms with Crippen molar-refractivity contribution in [1.29, 1.82) is 0 Å². The highest BCUT2D eigenvalue weighted by atomic mass is 127. The summed E-state index contributed by atoms with van der Waals surface area (Å²) in [5, 5.41) is 0. The predicted octanol–water partition coefficient (Wildman–Crippen LogP) is 2.54. The van der Waals surface area contributed by atoms with Crippen LogP contribution in [0.2, 0.25) is 0 Å². The van der Waals surface area contributed by atoms with E-state index < -0.39 is 0 Å². The van der Waals surface area contributed by atoms with Gasteiger partial charge in [0.1, 0.15) is 3.70 Å². The molecule has 0 N–H and O–H groups in total. The highest BCUT2D eigenvalue weighted by Crippen LogP contribution is 2.15. The molecule has 2 rings (SSSR count). The Balaban J connectivity index is 2.95. The van der Waals surface area contributed by atoms with Crippen molar-refractivity contribution in [1.82, 2.24) is 9.38 Å². The van der Waals surface area contributed by atoms with E-state index >= 15 is 0 Å². The molecule has 2 aromatic heterocycles. The van der Waals surface area contributed by atoms with Crippen LogP contribution >= 0.6 is 45.2 Å². The van der Waals surface area contributed by atoms with E-state index in [1.165, 1.54) is 5.52 Å². The first kappa shape index (κ1) is 7.78. The molecule has 0 aromatic carbocycles. The van der Waals surface area contributed by atoms with E-state index in [1.807, 2.05) is 18.3 Å². The van der Waals surface area contributed by atoms with Crippen molar-refractivity contribution in [3.63, 3.8) is 0 Å². The minimum atomic E-state index is 1.02. The largest absolute Gasteiger partial charge is 0.294 e. The third kappa shape index (κ3) is 1.26. The molecule has 2 heterocycles. The Morgan fingerprint density at radius 2 is 2.09 bits per heavy atom. The molecule has 0 saturated heterocycles. The van der Waals surface area contributed by atoms with E-state index in [4.69, 9.17) is 0 Å². The molecular weight excluding hydrogens is 366 g/mol. The van der Waals surface area contributed by atoms with Crippen LogP contribution in [0.1, 0.15) is 0 Å². The molecule has 2 aromatic rings. The van der Waals surface area contributed by atoms with Gasteiger partial charge in [0, 0.05) is 28.8 Å². The van der Waals surface area contributed by atoms with E-state index in [-0.39, 0.29) is 0 Å². The van der Waals surface area contributed by atoms with Crippen molar-refractivity contribution >= 4 is 50.7 Å². The molecule has 0 radical (unpaired) electrons. The zero-order valence-corrected chi connectivity index (χ0v) is 9.77. The van der Waals surface area contributed by atoms with Crippen molar-refractivity contribution in [2.45, 2.75) is 0 Å². The van der Waals surface area contributed by atoms with Gasteiger partial charge in [-0.3, -0.25) is 4.40 Å². The first-order valence-electron chi connectivity index (χ1n) is 3.07. The van der Waals surface area contributed by atoms with Crippen molar-refractivity contribution in [2.24, 2.45) is 0 Å². The second-order valence-electron chi connectivity index (χ2n) is 2.13. The number of nitrogens with zero attached hydrogens (tertiary/aromatic N) is 2. The van der Waals surface area contributed by atoms with Crippen molar-refractivity contribution in [2.75, 3.05) is 0 Å². The van der Waals surface area contributed by atoms with Crippen LogP contribution in [0.15, 0.2) is 24.4 Å². The molecule has 0 saturated carbocycles. The molecule has 0 atom stereocenters. The Labute approximate surface area is 91.3 Å². The highest BCUT2D eigenvalue weighted by Gasteiger charge is 2.03. The van der Waals surface area contributed by atoms with Gasteiger partial charge < -0.3 is 0 Å². The fourth-order valence-electron chi connectivity index (χ4n) is 0.964. The fraction of sp³-hybridized carbons (Fsp3) is 0. The second kappa shape index (κ2) is 2.89. The summed E-state index contributed by atoms with van der Waals surface area (Å²) in [6.07, 6.45) is 2.02. The lowest BCUT2D eigenvalue weighted by molar-refractivity contribution is 1.09. The monoisotopic (exact) mass is 370 g/mol. The lowest BCUT2D eigenvalue weighted by atomic mass is 10.4. The molecule has 4 heteroatoms. The summed E-state index contributed by atoms with van der Waals surface area (Å²) in [6, 6.07) is 6.10. The van der Waals surface area contributed by atoms with E-state index in [0.717, 1.165) is 7.53 Å². The van der Waals surface area contributed by atoms with Crippen LogP contribution in [0.4, 0.5) is 0 Å². The SMILES string of the molecule is Ic1nc(I)n2ccccc12. The van der Waals surface area contributed by atoms with Crippen LogP contribution in [0.3, 0.4) is 0 Å². The second-order valence-corrected chi connectivity index (χ2v) is 4.11. The summed E-state index contributed by atoms with van der Waals surface area (Å²) in [4.78, 5) is 4.33. The van der Waals surface area contributed by atoms with Crippen molar-refractivity contribution in [3.05, 3.63) is 31.9 Å². The molecule has 0 unspecified atom stereocenters. The summed E-state index contributed by atoms with van der Waals surface area (Å²) in [5.41, 5.74) is 1.18. The molecular formula is C7H4I2N2. The van der Waals surface area contributed by atoms with Gasteiger partial charge in [-0.05, 0) is 34.7 Å². The summed E-state index contributed by atoms with van der Waals surface area (Å²) in [7, 11) is 0. The Morgan fingerprint density at radius 1 is 1.27 bits per heavy atom. The van der Waals surface area contributed by atoms with E-state index in [0.29, 0.717) is 0 Å². The maximum absolute atomic E-state index is 4.33. The van der Waals surface area contributed by atoms with Gasteiger partial charge in [-0.25, -0.2) is 4.98 Å². The Bertz CT molecular complexity index is 358. The normalized spacial score (nSPS) is 10.7. The number of hydrogen-bond donors (Lipinski definition) is 0. The molecule has 0 aliphatic heterocycles. The Kier molecular flexibility index (Phi) is 2.04. The number of imidazole rings is 1. The first-order valence-corrected chi connectivity index (χ1v) is 5.23. The first-order chi connectivity index (χ1) is 5.29. The van der Waals surface area contributed by atoms with Gasteiger partial charge in [0.05, 0.1) is 5.52 Å². The van der Waals surface area contributed by atoms with Crippen LogP contribution < -0.4 is 0 Å². The smallest absolute Gasteiger partial charge is 0.176 e. The highest BCUT2D eigenvalue weighted by molar-refractivity contribution is 14.1. The molecule has 0 aliphatic carbocycles. The summed E-state index contributed by atoms with van der Waals surface area (Å²) in [5.74, 6) is 0. The average Bonchev–Trinajstić information content (AvgIpc) is 2.30. The van der Waals surface area contributed by atoms with Crippen LogP contribution in [-0.2, 0) is 0 Å². The molecule has 0 bridgehead atoms. The maximum Gasteiger partial charge on any atom is 0.176 e. The lowest BCUT2D eigenvalue weighted by Gasteiger charge is -1.91. The number of hydrogen-bond acceptors (Lipinski definition) is 1. The van der Waals surface area contributed by atoms with E-state index in [9.17, 15) is 0 Å². The number of aromatic nitrogens is 2. The molecule has 0 amide bonds. The minimum Gasteiger partial charge on any atom is -0.294 e. The van der Waals surface area contributed by atoms with E-state index in [2.05, 4.69) is 60.6 Å². The van der Waals surface area contributed by atoms with Gasteiger partial charge in [-0.2, -0.15) is 0 Å². The zero-order chi connectivity index (χ0) is 7.84.